The zero-order valence-electron chi connectivity index (χ0n) is 7.50. The molecule has 0 bridgehead atoms. The highest BCUT2D eigenvalue weighted by molar-refractivity contribution is 5.84. The first-order valence-corrected chi connectivity index (χ1v) is 3.59. The normalized spacial score (nSPS) is 12.2. The highest BCUT2D eigenvalue weighted by Gasteiger charge is 2.19. The van der Waals surface area contributed by atoms with E-state index >= 15 is 0 Å². The highest BCUT2D eigenvalue weighted by Crippen LogP contribution is 1.94. The minimum absolute atomic E-state index is 0.0150. The summed E-state index contributed by atoms with van der Waals surface area (Å²) in [7, 11) is 4.70. The number of nitrogens with one attached hydrogen (secondary N) is 1. The van der Waals surface area contributed by atoms with Crippen molar-refractivity contribution in [3.63, 3.8) is 0 Å². The molecule has 2 N–H and O–H groups in total. The molecule has 0 spiro atoms. The Hall–Kier alpha value is -1.10. The van der Waals surface area contributed by atoms with Crippen molar-refractivity contribution in [3.8, 4) is 0 Å². The fourth-order valence-corrected chi connectivity index (χ4v) is 0.670. The van der Waals surface area contributed by atoms with Gasteiger partial charge in [0.15, 0.2) is 0 Å². The molecule has 0 saturated heterocycles. The number of carboxylic acid groups (broad SMARTS) is 1. The van der Waals surface area contributed by atoms with Crippen LogP contribution in [0, 0.1) is 0 Å². The first kappa shape index (κ1) is 10.9. The molecule has 0 aliphatic rings. The molecule has 0 aromatic carbocycles. The summed E-state index contributed by atoms with van der Waals surface area (Å²) in [6.45, 7) is 0. The van der Waals surface area contributed by atoms with Crippen LogP contribution in [0.3, 0.4) is 0 Å². The van der Waals surface area contributed by atoms with E-state index < -0.39 is 12.0 Å². The van der Waals surface area contributed by atoms with Crippen molar-refractivity contribution in [2.75, 3.05) is 21.1 Å². The molecular formula is C7H14N2O3. The van der Waals surface area contributed by atoms with E-state index in [1.165, 1.54) is 11.9 Å². The lowest BCUT2D eigenvalue weighted by molar-refractivity contribution is -0.142. The zero-order valence-corrected chi connectivity index (χ0v) is 7.50. The number of rotatable bonds is 4. The number of amides is 1. The molecular weight excluding hydrogens is 160 g/mol. The minimum atomic E-state index is -1.01. The van der Waals surface area contributed by atoms with Crippen LogP contribution in [0.5, 0.6) is 0 Å². The van der Waals surface area contributed by atoms with Crippen molar-refractivity contribution in [2.24, 2.45) is 0 Å². The van der Waals surface area contributed by atoms with E-state index in [-0.39, 0.29) is 12.3 Å². The summed E-state index contributed by atoms with van der Waals surface area (Å²) in [5, 5.41) is 11.1. The molecule has 5 heteroatoms. The van der Waals surface area contributed by atoms with Gasteiger partial charge in [0, 0.05) is 14.1 Å². The van der Waals surface area contributed by atoms with E-state index in [4.69, 9.17) is 5.11 Å². The van der Waals surface area contributed by atoms with Gasteiger partial charge in [0.05, 0.1) is 6.42 Å². The number of aliphatic carboxylic acids is 1. The third-order valence-corrected chi connectivity index (χ3v) is 1.52. The zero-order chi connectivity index (χ0) is 9.72. The third kappa shape index (κ3) is 3.34. The van der Waals surface area contributed by atoms with Crippen LogP contribution in [0.2, 0.25) is 0 Å². The molecule has 0 aromatic heterocycles. The van der Waals surface area contributed by atoms with Crippen LogP contribution in [0.25, 0.3) is 0 Å². The molecule has 70 valence electrons. The lowest BCUT2D eigenvalue weighted by Gasteiger charge is -2.14. The Balaban J connectivity index is 4.03. The maximum Gasteiger partial charge on any atom is 0.321 e. The first-order chi connectivity index (χ1) is 5.49. The molecule has 0 unspecified atom stereocenters. The van der Waals surface area contributed by atoms with Gasteiger partial charge in [0.1, 0.15) is 6.04 Å². The van der Waals surface area contributed by atoms with Gasteiger partial charge in [-0.3, -0.25) is 9.59 Å². The van der Waals surface area contributed by atoms with Crippen molar-refractivity contribution in [2.45, 2.75) is 12.5 Å². The predicted molar refractivity (Wildman–Crippen MR) is 43.8 cm³/mol. The Labute approximate surface area is 71.4 Å². The van der Waals surface area contributed by atoms with Crippen molar-refractivity contribution >= 4 is 11.9 Å². The third-order valence-electron chi connectivity index (χ3n) is 1.52. The molecule has 0 radical (unpaired) electrons. The van der Waals surface area contributed by atoms with E-state index in [1.807, 2.05) is 0 Å². The summed E-state index contributed by atoms with van der Waals surface area (Å²) >= 11 is 0. The van der Waals surface area contributed by atoms with Crippen molar-refractivity contribution in [1.82, 2.24) is 10.2 Å². The van der Waals surface area contributed by atoms with Crippen LogP contribution in [0.1, 0.15) is 6.42 Å². The van der Waals surface area contributed by atoms with Crippen LogP contribution in [-0.2, 0) is 9.59 Å². The summed E-state index contributed by atoms with van der Waals surface area (Å²) < 4.78 is 0. The van der Waals surface area contributed by atoms with Crippen molar-refractivity contribution in [3.05, 3.63) is 0 Å². The highest BCUT2D eigenvalue weighted by atomic mass is 16.4. The number of nitrogens with zero attached hydrogens (tertiary/aromatic N) is 1. The van der Waals surface area contributed by atoms with E-state index in [9.17, 15) is 9.59 Å². The van der Waals surface area contributed by atoms with E-state index in [2.05, 4.69) is 5.32 Å². The molecule has 0 aromatic rings. The summed E-state index contributed by atoms with van der Waals surface area (Å²) in [6, 6.07) is -0.792. The maximum atomic E-state index is 11.0. The Kier molecular flexibility index (Phi) is 4.28. The van der Waals surface area contributed by atoms with E-state index in [0.29, 0.717) is 0 Å². The number of carbonyl (C=O) groups is 2. The average Bonchev–Trinajstić information content (AvgIpc) is 1.98. The van der Waals surface area contributed by atoms with E-state index in [0.717, 1.165) is 0 Å². The van der Waals surface area contributed by atoms with Crippen LogP contribution in [0.4, 0.5) is 0 Å². The average molecular weight is 174 g/mol. The maximum absolute atomic E-state index is 11.0. The lowest BCUT2D eigenvalue weighted by Crippen LogP contribution is -2.38. The van der Waals surface area contributed by atoms with Gasteiger partial charge >= 0.3 is 5.97 Å². The second-order valence-corrected chi connectivity index (χ2v) is 2.67. The van der Waals surface area contributed by atoms with Gasteiger partial charge in [-0.1, -0.05) is 0 Å². The fraction of sp³-hybridized carbons (Fsp3) is 0.714. The van der Waals surface area contributed by atoms with Crippen LogP contribution < -0.4 is 5.32 Å². The number of likely N-dealkylation sites (N-methyl/N-ethyl adjacent to an activating group) is 1. The van der Waals surface area contributed by atoms with Gasteiger partial charge in [-0.25, -0.2) is 0 Å². The molecule has 0 rings (SSSR count). The minimum Gasteiger partial charge on any atom is -0.480 e. The Morgan fingerprint density at radius 1 is 1.50 bits per heavy atom. The summed E-state index contributed by atoms with van der Waals surface area (Å²) in [5.41, 5.74) is 0. The SMILES string of the molecule is CN[C@@H](CC(=O)N(C)C)C(=O)O. The molecule has 12 heavy (non-hydrogen) atoms. The van der Waals surface area contributed by atoms with Crippen LogP contribution >= 0.6 is 0 Å². The molecule has 1 amide bonds. The van der Waals surface area contributed by atoms with Gasteiger partial charge in [-0.15, -0.1) is 0 Å². The van der Waals surface area contributed by atoms with Gasteiger partial charge in [0.25, 0.3) is 0 Å². The monoisotopic (exact) mass is 174 g/mol. The van der Waals surface area contributed by atoms with Gasteiger partial charge in [-0.05, 0) is 7.05 Å². The smallest absolute Gasteiger partial charge is 0.321 e. The second kappa shape index (κ2) is 4.71. The second-order valence-electron chi connectivity index (χ2n) is 2.67. The van der Waals surface area contributed by atoms with Crippen LogP contribution in [-0.4, -0.2) is 49.1 Å². The molecule has 0 saturated carbocycles. The number of hydrogen-bond acceptors (Lipinski definition) is 3. The summed E-state index contributed by atoms with van der Waals surface area (Å²) in [4.78, 5) is 22.9. The molecule has 5 nitrogen and oxygen atoms in total. The van der Waals surface area contributed by atoms with Crippen molar-refractivity contribution < 1.29 is 14.7 Å². The Morgan fingerprint density at radius 2 is 2.00 bits per heavy atom. The first-order valence-electron chi connectivity index (χ1n) is 3.59. The molecule has 0 fully saturated rings. The molecule has 0 aliphatic heterocycles. The fourth-order valence-electron chi connectivity index (χ4n) is 0.670. The van der Waals surface area contributed by atoms with Gasteiger partial charge < -0.3 is 15.3 Å². The topological polar surface area (TPSA) is 69.6 Å². The van der Waals surface area contributed by atoms with Gasteiger partial charge in [0.2, 0.25) is 5.91 Å². The predicted octanol–water partition coefficient (Wildman–Crippen LogP) is -0.863. The summed E-state index contributed by atoms with van der Waals surface area (Å²) in [6.07, 6.45) is -0.0150. The lowest BCUT2D eigenvalue weighted by atomic mass is 10.2. The number of carboxylic acids is 1. The number of carbonyl (C=O) groups excluding carboxylic acids is 1. The Bertz CT molecular complexity index is 179. The van der Waals surface area contributed by atoms with E-state index in [1.54, 1.807) is 14.1 Å². The summed E-state index contributed by atoms with van der Waals surface area (Å²) in [5.74, 6) is -1.20. The molecule has 0 aliphatic carbocycles. The molecule has 0 heterocycles. The quantitative estimate of drug-likeness (QED) is 0.581. The van der Waals surface area contributed by atoms with Crippen molar-refractivity contribution in [1.29, 1.82) is 0 Å². The van der Waals surface area contributed by atoms with Gasteiger partial charge in [-0.2, -0.15) is 0 Å². The number of hydrogen-bond donors (Lipinski definition) is 2. The largest absolute Gasteiger partial charge is 0.480 e. The molecule has 1 atom stereocenters. The standard InChI is InChI=1S/C7H14N2O3/c1-8-5(7(11)12)4-6(10)9(2)3/h5,8H,4H2,1-3H3,(H,11,12)/t5-/m0/s1. The Morgan fingerprint density at radius 3 is 2.25 bits per heavy atom. The van der Waals surface area contributed by atoms with Crippen LogP contribution in [0.15, 0.2) is 0 Å².